The first-order valence-corrected chi connectivity index (χ1v) is 4.36. The Hall–Kier alpha value is -1.99. The summed E-state index contributed by atoms with van der Waals surface area (Å²) in [5, 5.41) is 14.9. The topological polar surface area (TPSA) is 136 Å². The third-order valence-corrected chi connectivity index (χ3v) is 1.59. The lowest BCUT2D eigenvalue weighted by molar-refractivity contribution is 0.281. The molecule has 0 radical (unpaired) electrons. The summed E-state index contributed by atoms with van der Waals surface area (Å²) in [4.78, 5) is 7.71. The molecule has 0 aliphatic heterocycles. The third-order valence-electron chi connectivity index (χ3n) is 1.59. The van der Waals surface area contributed by atoms with Gasteiger partial charge in [0.25, 0.3) is 0 Å². The van der Waals surface area contributed by atoms with Crippen molar-refractivity contribution < 1.29 is 5.11 Å². The summed E-state index contributed by atoms with van der Waals surface area (Å²) in [7, 11) is 0. The lowest BCUT2D eigenvalue weighted by Crippen LogP contribution is -2.00. The predicted molar refractivity (Wildman–Crippen MR) is 60.7 cm³/mol. The second kappa shape index (κ2) is 7.32. The van der Waals surface area contributed by atoms with Gasteiger partial charge in [0, 0.05) is 24.2 Å². The molecule has 7 nitrogen and oxygen atoms in total. The Morgan fingerprint density at radius 1 is 1.50 bits per heavy atom. The number of aliphatic hydroxyl groups excluding tert-OH is 1. The Balaban J connectivity index is 0.000000318. The van der Waals surface area contributed by atoms with Gasteiger partial charge in [-0.05, 0) is 13.0 Å². The van der Waals surface area contributed by atoms with Crippen LogP contribution in [0.15, 0.2) is 24.7 Å². The Labute approximate surface area is 93.3 Å². The highest BCUT2D eigenvalue weighted by atomic mass is 16.3. The first-order valence-electron chi connectivity index (χ1n) is 4.36. The minimum absolute atomic E-state index is 0. The van der Waals surface area contributed by atoms with Crippen molar-refractivity contribution in [2.45, 2.75) is 13.5 Å². The molecule has 2 aromatic heterocycles. The highest BCUT2D eigenvalue weighted by Crippen LogP contribution is 2.05. The number of anilines is 1. The average molecular weight is 224 g/mol. The number of nitrogens with zero attached hydrogens (tertiary/aromatic N) is 3. The summed E-state index contributed by atoms with van der Waals surface area (Å²) in [6.45, 7) is 1.64. The summed E-state index contributed by atoms with van der Waals surface area (Å²) >= 11 is 0. The van der Waals surface area contributed by atoms with Crippen LogP contribution < -0.4 is 11.9 Å². The molecule has 2 rings (SSSR count). The van der Waals surface area contributed by atoms with Crippen LogP contribution in [0.5, 0.6) is 0 Å². The van der Waals surface area contributed by atoms with Crippen LogP contribution in [-0.2, 0) is 6.61 Å². The fraction of sp³-hybridized carbons (Fsp3) is 0.222. The van der Waals surface area contributed by atoms with Gasteiger partial charge in [0.2, 0.25) is 0 Å². The molecule has 0 aliphatic rings. The molecular formula is C9H16N6O. The van der Waals surface area contributed by atoms with Gasteiger partial charge in [-0.2, -0.15) is 5.10 Å². The van der Waals surface area contributed by atoms with E-state index in [9.17, 15) is 0 Å². The van der Waals surface area contributed by atoms with Crippen LogP contribution in [0.1, 0.15) is 11.4 Å². The van der Waals surface area contributed by atoms with E-state index in [2.05, 4.69) is 20.2 Å². The number of nitrogens with one attached hydrogen (secondary N) is 1. The van der Waals surface area contributed by atoms with Crippen molar-refractivity contribution in [3.8, 4) is 0 Å². The van der Waals surface area contributed by atoms with Gasteiger partial charge in [-0.3, -0.25) is 5.10 Å². The average Bonchev–Trinajstić information content (AvgIpc) is 2.75. The summed E-state index contributed by atoms with van der Waals surface area (Å²) in [6.07, 6.45) is 4.98. The zero-order valence-electron chi connectivity index (χ0n) is 9.09. The molecular weight excluding hydrogens is 208 g/mol. The van der Waals surface area contributed by atoms with Gasteiger partial charge >= 0.3 is 0 Å². The fourth-order valence-corrected chi connectivity index (χ4v) is 0.849. The van der Waals surface area contributed by atoms with Gasteiger partial charge in [-0.15, -0.1) is 0 Å². The molecule has 16 heavy (non-hydrogen) atoms. The quantitative estimate of drug-likeness (QED) is 0.554. The van der Waals surface area contributed by atoms with Crippen molar-refractivity contribution in [3.63, 3.8) is 0 Å². The molecule has 0 spiro atoms. The van der Waals surface area contributed by atoms with Crippen LogP contribution in [0.2, 0.25) is 0 Å². The lowest BCUT2D eigenvalue weighted by atomic mass is 10.3. The predicted octanol–water partition coefficient (Wildman–Crippen LogP) is 0.431. The summed E-state index contributed by atoms with van der Waals surface area (Å²) in [6, 6.07) is 1.83. The smallest absolute Gasteiger partial charge is 0.132 e. The van der Waals surface area contributed by atoms with Gasteiger partial charge < -0.3 is 17.0 Å². The van der Waals surface area contributed by atoms with E-state index in [1.807, 2.05) is 6.07 Å². The van der Waals surface area contributed by atoms with E-state index in [4.69, 9.17) is 10.8 Å². The number of hydrogen-bond acceptors (Lipinski definition) is 6. The van der Waals surface area contributed by atoms with Gasteiger partial charge in [-0.1, -0.05) is 0 Å². The number of aliphatic hydroxyl groups is 1. The number of nitrogens with two attached hydrogens (primary N) is 1. The standard InChI is InChI=1S/C6H9N3O.C3H4N2.H3N/c1-4-8-2-5(3-10)6(7)9-4;1-2-4-5-3-1;/h2,10H,3H2,1H3,(H2,7,8,9);1-3H,(H,4,5);1H3. The molecule has 0 aromatic carbocycles. The Morgan fingerprint density at radius 2 is 2.25 bits per heavy atom. The van der Waals surface area contributed by atoms with Crippen LogP contribution in [-0.4, -0.2) is 25.3 Å². The van der Waals surface area contributed by atoms with Gasteiger partial charge in [0.15, 0.2) is 0 Å². The maximum absolute atomic E-state index is 8.65. The van der Waals surface area contributed by atoms with E-state index >= 15 is 0 Å². The third kappa shape index (κ3) is 4.49. The number of rotatable bonds is 1. The number of nitrogen functional groups attached to an aromatic ring is 1. The molecule has 88 valence electrons. The number of hydrogen-bond donors (Lipinski definition) is 4. The van der Waals surface area contributed by atoms with Crippen LogP contribution in [0.4, 0.5) is 5.82 Å². The lowest BCUT2D eigenvalue weighted by Gasteiger charge is -1.99. The Kier molecular flexibility index (Phi) is 6.41. The summed E-state index contributed by atoms with van der Waals surface area (Å²) < 4.78 is 0. The molecule has 0 aliphatic carbocycles. The van der Waals surface area contributed by atoms with Crippen LogP contribution in [0.25, 0.3) is 0 Å². The molecule has 0 bridgehead atoms. The molecule has 0 fully saturated rings. The Morgan fingerprint density at radius 3 is 2.62 bits per heavy atom. The summed E-state index contributed by atoms with van der Waals surface area (Å²) in [5.41, 5.74) is 6.00. The molecule has 2 heterocycles. The SMILES string of the molecule is Cc1ncc(CO)c(N)n1.N.c1cn[nH]c1. The maximum atomic E-state index is 8.65. The minimum Gasteiger partial charge on any atom is -0.391 e. The molecule has 0 atom stereocenters. The number of H-pyrrole nitrogens is 1. The second-order valence-electron chi connectivity index (χ2n) is 2.75. The minimum atomic E-state index is -0.105. The van der Waals surface area contributed by atoms with Crippen molar-refractivity contribution in [3.05, 3.63) is 36.0 Å². The van der Waals surface area contributed by atoms with E-state index in [0.29, 0.717) is 17.2 Å². The maximum Gasteiger partial charge on any atom is 0.132 e. The number of aromatic amines is 1. The van der Waals surface area contributed by atoms with Crippen molar-refractivity contribution in [2.24, 2.45) is 0 Å². The van der Waals surface area contributed by atoms with E-state index in [-0.39, 0.29) is 12.8 Å². The largest absolute Gasteiger partial charge is 0.391 e. The zero-order valence-corrected chi connectivity index (χ0v) is 9.09. The normalized spacial score (nSPS) is 8.62. The van der Waals surface area contributed by atoms with Crippen molar-refractivity contribution in [2.75, 3.05) is 5.73 Å². The van der Waals surface area contributed by atoms with Crippen LogP contribution >= 0.6 is 0 Å². The van der Waals surface area contributed by atoms with E-state index < -0.39 is 0 Å². The number of aryl methyl sites for hydroxylation is 1. The van der Waals surface area contributed by atoms with Crippen molar-refractivity contribution in [1.82, 2.24) is 26.3 Å². The Bertz CT molecular complexity index is 372. The first-order chi connectivity index (χ1) is 7.24. The molecule has 7 N–H and O–H groups in total. The molecule has 0 unspecified atom stereocenters. The van der Waals surface area contributed by atoms with Crippen molar-refractivity contribution in [1.29, 1.82) is 0 Å². The molecule has 0 saturated carbocycles. The molecule has 0 saturated heterocycles. The highest BCUT2D eigenvalue weighted by Gasteiger charge is 1.97. The van der Waals surface area contributed by atoms with Crippen LogP contribution in [0.3, 0.4) is 0 Å². The molecule has 7 heteroatoms. The summed E-state index contributed by atoms with van der Waals surface area (Å²) in [5.74, 6) is 0.977. The zero-order chi connectivity index (χ0) is 11.1. The molecule has 2 aromatic rings. The highest BCUT2D eigenvalue weighted by molar-refractivity contribution is 5.36. The molecule has 0 amide bonds. The first kappa shape index (κ1) is 14.0. The van der Waals surface area contributed by atoms with E-state index in [1.165, 1.54) is 6.20 Å². The second-order valence-corrected chi connectivity index (χ2v) is 2.75. The number of aromatic nitrogens is 4. The van der Waals surface area contributed by atoms with E-state index in [1.54, 1.807) is 19.3 Å². The monoisotopic (exact) mass is 224 g/mol. The van der Waals surface area contributed by atoms with Crippen molar-refractivity contribution >= 4 is 5.82 Å². The van der Waals surface area contributed by atoms with Crippen LogP contribution in [0, 0.1) is 6.92 Å². The fourth-order valence-electron chi connectivity index (χ4n) is 0.849. The van der Waals surface area contributed by atoms with Gasteiger partial charge in [0.05, 0.1) is 6.61 Å². The van der Waals surface area contributed by atoms with E-state index in [0.717, 1.165) is 0 Å². The van der Waals surface area contributed by atoms with Gasteiger partial charge in [-0.25, -0.2) is 9.97 Å². The van der Waals surface area contributed by atoms with Gasteiger partial charge in [0.1, 0.15) is 11.6 Å².